The van der Waals surface area contributed by atoms with Crippen molar-refractivity contribution in [2.45, 2.75) is 59.9 Å². The van der Waals surface area contributed by atoms with Crippen molar-refractivity contribution in [2.75, 3.05) is 13.1 Å². The lowest BCUT2D eigenvalue weighted by Crippen LogP contribution is -2.32. The third-order valence-electron chi connectivity index (χ3n) is 3.00. The summed E-state index contributed by atoms with van der Waals surface area (Å²) in [6.45, 7) is 13.4. The van der Waals surface area contributed by atoms with Crippen LogP contribution in [0, 0.1) is 5.92 Å². The SMILES string of the molecule is CC.CCN(CC)C1CCC(C)C1. The van der Waals surface area contributed by atoms with Crippen molar-refractivity contribution in [3.8, 4) is 0 Å². The molecule has 1 aliphatic rings. The zero-order chi connectivity index (χ0) is 10.3. The van der Waals surface area contributed by atoms with Crippen LogP contribution in [-0.4, -0.2) is 24.0 Å². The van der Waals surface area contributed by atoms with Gasteiger partial charge in [0.1, 0.15) is 0 Å². The van der Waals surface area contributed by atoms with Crippen molar-refractivity contribution in [2.24, 2.45) is 5.92 Å². The first-order valence-corrected chi connectivity index (χ1v) is 6.02. The number of hydrogen-bond donors (Lipinski definition) is 0. The van der Waals surface area contributed by atoms with E-state index in [1.807, 2.05) is 13.8 Å². The van der Waals surface area contributed by atoms with E-state index in [0.29, 0.717) is 0 Å². The van der Waals surface area contributed by atoms with Gasteiger partial charge in [0.25, 0.3) is 0 Å². The molecular formula is C12H27N. The zero-order valence-electron chi connectivity index (χ0n) is 10.1. The van der Waals surface area contributed by atoms with Crippen molar-refractivity contribution in [1.29, 1.82) is 0 Å². The van der Waals surface area contributed by atoms with E-state index in [9.17, 15) is 0 Å². The highest BCUT2D eigenvalue weighted by molar-refractivity contribution is 4.79. The molecule has 1 rings (SSSR count). The van der Waals surface area contributed by atoms with Crippen LogP contribution < -0.4 is 0 Å². The molecule has 1 aliphatic carbocycles. The summed E-state index contributed by atoms with van der Waals surface area (Å²) in [4.78, 5) is 2.60. The maximum atomic E-state index is 2.60. The van der Waals surface area contributed by atoms with Gasteiger partial charge in [-0.05, 0) is 38.3 Å². The molecule has 0 heterocycles. The normalized spacial score (nSPS) is 27.2. The van der Waals surface area contributed by atoms with Crippen LogP contribution in [0.15, 0.2) is 0 Å². The van der Waals surface area contributed by atoms with Crippen molar-refractivity contribution < 1.29 is 0 Å². The quantitative estimate of drug-likeness (QED) is 0.650. The summed E-state index contributed by atoms with van der Waals surface area (Å²) in [6, 6.07) is 0.903. The van der Waals surface area contributed by atoms with Crippen LogP contribution in [0.2, 0.25) is 0 Å². The molecule has 0 aromatic rings. The average Bonchev–Trinajstić information content (AvgIpc) is 2.58. The lowest BCUT2D eigenvalue weighted by Gasteiger charge is -2.25. The van der Waals surface area contributed by atoms with Crippen LogP contribution in [0.5, 0.6) is 0 Å². The Labute approximate surface area is 84.5 Å². The summed E-state index contributed by atoms with van der Waals surface area (Å²) >= 11 is 0. The topological polar surface area (TPSA) is 3.24 Å². The predicted molar refractivity (Wildman–Crippen MR) is 61.1 cm³/mol. The van der Waals surface area contributed by atoms with E-state index in [1.54, 1.807) is 0 Å². The monoisotopic (exact) mass is 185 g/mol. The third kappa shape index (κ3) is 4.12. The fraction of sp³-hybridized carbons (Fsp3) is 1.00. The van der Waals surface area contributed by atoms with E-state index in [-0.39, 0.29) is 0 Å². The van der Waals surface area contributed by atoms with Gasteiger partial charge in [-0.1, -0.05) is 34.6 Å². The molecule has 0 aliphatic heterocycles. The molecule has 0 aromatic heterocycles. The number of hydrogen-bond acceptors (Lipinski definition) is 1. The van der Waals surface area contributed by atoms with E-state index >= 15 is 0 Å². The van der Waals surface area contributed by atoms with Gasteiger partial charge < -0.3 is 4.90 Å². The Bertz CT molecular complexity index is 108. The van der Waals surface area contributed by atoms with Crippen LogP contribution in [0.3, 0.4) is 0 Å². The van der Waals surface area contributed by atoms with E-state index in [0.717, 1.165) is 12.0 Å². The molecule has 2 atom stereocenters. The van der Waals surface area contributed by atoms with Crippen molar-refractivity contribution in [1.82, 2.24) is 4.90 Å². The first kappa shape index (κ1) is 13.0. The Hall–Kier alpha value is -0.0400. The minimum atomic E-state index is 0.903. The Kier molecular flexibility index (Phi) is 7.35. The van der Waals surface area contributed by atoms with E-state index in [2.05, 4.69) is 25.7 Å². The fourth-order valence-electron chi connectivity index (χ4n) is 2.25. The standard InChI is InChI=1S/C10H21N.C2H6/c1-4-11(5-2)10-7-6-9(3)8-10;1-2/h9-10H,4-8H2,1-3H3;1-2H3. The molecule has 0 bridgehead atoms. The molecule has 80 valence electrons. The molecule has 0 spiro atoms. The molecule has 0 aromatic carbocycles. The summed E-state index contributed by atoms with van der Waals surface area (Å²) in [5.74, 6) is 0.973. The van der Waals surface area contributed by atoms with Gasteiger partial charge >= 0.3 is 0 Å². The summed E-state index contributed by atoms with van der Waals surface area (Å²) < 4.78 is 0. The Balaban J connectivity index is 0.000000671. The highest BCUT2D eigenvalue weighted by atomic mass is 15.1. The second kappa shape index (κ2) is 7.37. The maximum Gasteiger partial charge on any atom is 0.00976 e. The van der Waals surface area contributed by atoms with Gasteiger partial charge in [-0.2, -0.15) is 0 Å². The minimum absolute atomic E-state index is 0.903. The highest BCUT2D eigenvalue weighted by Crippen LogP contribution is 2.28. The summed E-state index contributed by atoms with van der Waals surface area (Å²) in [7, 11) is 0. The van der Waals surface area contributed by atoms with E-state index in [1.165, 1.54) is 32.4 Å². The molecule has 1 heteroatoms. The molecule has 1 nitrogen and oxygen atoms in total. The van der Waals surface area contributed by atoms with Gasteiger partial charge in [0, 0.05) is 6.04 Å². The largest absolute Gasteiger partial charge is 0.301 e. The minimum Gasteiger partial charge on any atom is -0.301 e. The molecule has 0 amide bonds. The van der Waals surface area contributed by atoms with Crippen LogP contribution in [-0.2, 0) is 0 Å². The summed E-state index contributed by atoms with van der Waals surface area (Å²) in [5.41, 5.74) is 0. The lowest BCUT2D eigenvalue weighted by molar-refractivity contribution is 0.216. The van der Waals surface area contributed by atoms with Crippen molar-refractivity contribution >= 4 is 0 Å². The van der Waals surface area contributed by atoms with Gasteiger partial charge in [-0.15, -0.1) is 0 Å². The summed E-state index contributed by atoms with van der Waals surface area (Å²) in [5, 5.41) is 0. The molecular weight excluding hydrogens is 158 g/mol. The predicted octanol–water partition coefficient (Wildman–Crippen LogP) is 3.54. The zero-order valence-corrected chi connectivity index (χ0v) is 10.1. The number of nitrogens with zero attached hydrogens (tertiary/aromatic N) is 1. The molecule has 1 saturated carbocycles. The molecule has 13 heavy (non-hydrogen) atoms. The maximum absolute atomic E-state index is 2.60. The van der Waals surface area contributed by atoms with Crippen LogP contribution >= 0.6 is 0 Å². The fourth-order valence-corrected chi connectivity index (χ4v) is 2.25. The second-order valence-corrected chi connectivity index (χ2v) is 3.79. The van der Waals surface area contributed by atoms with Gasteiger partial charge in [-0.25, -0.2) is 0 Å². The smallest absolute Gasteiger partial charge is 0.00976 e. The lowest BCUT2D eigenvalue weighted by atomic mass is 10.1. The molecule has 2 unspecified atom stereocenters. The first-order chi connectivity index (χ1) is 6.27. The second-order valence-electron chi connectivity index (χ2n) is 3.79. The van der Waals surface area contributed by atoms with Crippen molar-refractivity contribution in [3.63, 3.8) is 0 Å². The molecule has 1 fully saturated rings. The molecule has 0 N–H and O–H groups in total. The Morgan fingerprint density at radius 3 is 1.92 bits per heavy atom. The molecule has 0 radical (unpaired) electrons. The molecule has 0 saturated heterocycles. The Morgan fingerprint density at radius 2 is 1.62 bits per heavy atom. The van der Waals surface area contributed by atoms with Crippen LogP contribution in [0.1, 0.15) is 53.9 Å². The van der Waals surface area contributed by atoms with Gasteiger partial charge in [0.2, 0.25) is 0 Å². The third-order valence-corrected chi connectivity index (χ3v) is 3.00. The van der Waals surface area contributed by atoms with E-state index < -0.39 is 0 Å². The van der Waals surface area contributed by atoms with Crippen LogP contribution in [0.4, 0.5) is 0 Å². The van der Waals surface area contributed by atoms with Crippen LogP contribution in [0.25, 0.3) is 0 Å². The van der Waals surface area contributed by atoms with E-state index in [4.69, 9.17) is 0 Å². The van der Waals surface area contributed by atoms with Crippen molar-refractivity contribution in [3.05, 3.63) is 0 Å². The highest BCUT2D eigenvalue weighted by Gasteiger charge is 2.24. The Morgan fingerprint density at radius 1 is 1.08 bits per heavy atom. The van der Waals surface area contributed by atoms with Gasteiger partial charge in [0.15, 0.2) is 0 Å². The van der Waals surface area contributed by atoms with Gasteiger partial charge in [0.05, 0.1) is 0 Å². The first-order valence-electron chi connectivity index (χ1n) is 6.02. The number of rotatable bonds is 3. The van der Waals surface area contributed by atoms with Gasteiger partial charge in [-0.3, -0.25) is 0 Å². The average molecular weight is 185 g/mol. The summed E-state index contributed by atoms with van der Waals surface area (Å²) in [6.07, 6.45) is 4.31.